The first kappa shape index (κ1) is 13.2. The molecule has 3 rings (SSSR count). The Morgan fingerprint density at radius 1 is 1.25 bits per heavy atom. The van der Waals surface area contributed by atoms with Gasteiger partial charge in [0.2, 0.25) is 0 Å². The maximum absolute atomic E-state index is 12.0. The molecule has 0 atom stereocenters. The van der Waals surface area contributed by atoms with Gasteiger partial charge in [-0.15, -0.1) is 0 Å². The highest BCUT2D eigenvalue weighted by atomic mass is 16.5. The Bertz CT molecular complexity index is 529. The quantitative estimate of drug-likeness (QED) is 0.625. The van der Waals surface area contributed by atoms with Crippen molar-refractivity contribution >= 4 is 11.8 Å². The van der Waals surface area contributed by atoms with Crippen molar-refractivity contribution in [3.63, 3.8) is 0 Å². The van der Waals surface area contributed by atoms with Crippen LogP contribution < -0.4 is 4.74 Å². The van der Waals surface area contributed by atoms with E-state index >= 15 is 0 Å². The van der Waals surface area contributed by atoms with E-state index < -0.39 is 0 Å². The van der Waals surface area contributed by atoms with Gasteiger partial charge in [-0.1, -0.05) is 12.8 Å². The van der Waals surface area contributed by atoms with Crippen molar-refractivity contribution in [3.05, 3.63) is 29.3 Å². The molecular weight excluding hydrogens is 256 g/mol. The maximum atomic E-state index is 12.0. The topological polar surface area (TPSA) is 52.6 Å². The van der Waals surface area contributed by atoms with E-state index in [1.54, 1.807) is 6.07 Å². The fourth-order valence-electron chi connectivity index (χ4n) is 2.86. The second-order valence-electron chi connectivity index (χ2n) is 5.43. The Kier molecular flexibility index (Phi) is 3.72. The summed E-state index contributed by atoms with van der Waals surface area (Å²) < 4.78 is 10.5. The Morgan fingerprint density at radius 3 is 2.85 bits per heavy atom. The first-order chi connectivity index (χ1) is 9.74. The molecule has 1 aliphatic carbocycles. The van der Waals surface area contributed by atoms with Gasteiger partial charge in [0, 0.05) is 12.0 Å². The van der Waals surface area contributed by atoms with Crippen molar-refractivity contribution in [1.29, 1.82) is 0 Å². The van der Waals surface area contributed by atoms with Crippen LogP contribution in [0.2, 0.25) is 0 Å². The van der Waals surface area contributed by atoms with E-state index in [-0.39, 0.29) is 24.3 Å². The summed E-state index contributed by atoms with van der Waals surface area (Å²) in [5.74, 6) is 0.479. The van der Waals surface area contributed by atoms with E-state index in [1.165, 1.54) is 0 Å². The lowest BCUT2D eigenvalue weighted by atomic mass is 10.1. The van der Waals surface area contributed by atoms with E-state index in [4.69, 9.17) is 9.47 Å². The highest BCUT2D eigenvalue weighted by Gasteiger charge is 2.25. The molecule has 1 heterocycles. The van der Waals surface area contributed by atoms with Crippen molar-refractivity contribution in [1.82, 2.24) is 0 Å². The summed E-state index contributed by atoms with van der Waals surface area (Å²) in [6.45, 7) is 0.513. The average Bonchev–Trinajstić information content (AvgIpc) is 3.13. The molecular formula is C16H18O4. The number of hydrogen-bond donors (Lipinski definition) is 0. The smallest absolute Gasteiger partial charge is 0.309 e. The lowest BCUT2D eigenvalue weighted by Gasteiger charge is -2.09. The van der Waals surface area contributed by atoms with Crippen LogP contribution in [0.1, 0.15) is 41.6 Å². The number of fused-ring (bicyclic) bond motifs is 1. The van der Waals surface area contributed by atoms with Crippen LogP contribution in [-0.4, -0.2) is 25.0 Å². The van der Waals surface area contributed by atoms with Gasteiger partial charge in [-0.25, -0.2) is 0 Å². The molecule has 1 saturated carbocycles. The summed E-state index contributed by atoms with van der Waals surface area (Å²) in [4.78, 5) is 23.8. The van der Waals surface area contributed by atoms with Crippen LogP contribution in [0.25, 0.3) is 0 Å². The van der Waals surface area contributed by atoms with E-state index in [2.05, 4.69) is 0 Å². The predicted octanol–water partition coefficient (Wildman–Crippen LogP) is 2.54. The molecule has 1 aliphatic heterocycles. The molecule has 0 spiro atoms. The number of Topliss-reactive ketones (excluding diaryl/α,β-unsaturated/α-hetero) is 1. The second kappa shape index (κ2) is 5.65. The van der Waals surface area contributed by atoms with Crippen LogP contribution in [0, 0.1) is 5.92 Å². The molecule has 0 aromatic heterocycles. The van der Waals surface area contributed by atoms with Crippen LogP contribution in [0.15, 0.2) is 18.2 Å². The third-order valence-corrected chi connectivity index (χ3v) is 4.05. The third-order valence-electron chi connectivity index (χ3n) is 4.05. The van der Waals surface area contributed by atoms with Gasteiger partial charge in [-0.3, -0.25) is 9.59 Å². The van der Waals surface area contributed by atoms with Crippen LogP contribution >= 0.6 is 0 Å². The fraction of sp³-hybridized carbons (Fsp3) is 0.500. The van der Waals surface area contributed by atoms with Crippen molar-refractivity contribution in [2.45, 2.75) is 32.1 Å². The van der Waals surface area contributed by atoms with Gasteiger partial charge in [0.1, 0.15) is 5.75 Å². The number of ether oxygens (including phenoxy) is 2. The Balaban J connectivity index is 1.57. The monoisotopic (exact) mass is 274 g/mol. The molecule has 0 saturated heterocycles. The predicted molar refractivity (Wildman–Crippen MR) is 72.9 cm³/mol. The first-order valence-electron chi connectivity index (χ1n) is 7.19. The second-order valence-corrected chi connectivity index (χ2v) is 5.43. The molecule has 0 bridgehead atoms. The maximum Gasteiger partial charge on any atom is 0.309 e. The summed E-state index contributed by atoms with van der Waals surface area (Å²) in [5, 5.41) is 0. The number of ketones is 1. The van der Waals surface area contributed by atoms with Crippen molar-refractivity contribution in [2.24, 2.45) is 5.92 Å². The number of carbonyl (C=O) groups excluding carboxylic acids is 2. The van der Waals surface area contributed by atoms with Gasteiger partial charge in [-0.2, -0.15) is 0 Å². The minimum absolute atomic E-state index is 0.00350. The van der Waals surface area contributed by atoms with E-state index in [0.29, 0.717) is 12.2 Å². The van der Waals surface area contributed by atoms with E-state index in [9.17, 15) is 9.59 Å². The van der Waals surface area contributed by atoms with E-state index in [0.717, 1.165) is 43.4 Å². The van der Waals surface area contributed by atoms with Crippen LogP contribution in [-0.2, 0) is 16.0 Å². The Labute approximate surface area is 118 Å². The fourth-order valence-corrected chi connectivity index (χ4v) is 2.86. The summed E-state index contributed by atoms with van der Waals surface area (Å²) >= 11 is 0. The molecule has 0 unspecified atom stereocenters. The third kappa shape index (κ3) is 2.69. The molecule has 1 aromatic carbocycles. The normalized spacial score (nSPS) is 17.6. The number of esters is 1. The highest BCUT2D eigenvalue weighted by molar-refractivity contribution is 5.98. The molecule has 1 aromatic rings. The molecule has 0 radical (unpaired) electrons. The minimum atomic E-state index is -0.222. The molecule has 106 valence electrons. The number of benzene rings is 1. The first-order valence-corrected chi connectivity index (χ1v) is 7.19. The lowest BCUT2D eigenvalue weighted by molar-refractivity contribution is -0.147. The van der Waals surface area contributed by atoms with Gasteiger partial charge < -0.3 is 9.47 Å². The molecule has 20 heavy (non-hydrogen) atoms. The zero-order chi connectivity index (χ0) is 13.9. The lowest BCUT2D eigenvalue weighted by Crippen LogP contribution is -2.19. The SMILES string of the molecule is O=C(COC(=O)C1CCCC1)c1ccc2c(c1)CCO2. The standard InChI is InChI=1S/C16H18O4/c17-14(10-20-16(18)11-3-1-2-4-11)12-5-6-15-13(9-12)7-8-19-15/h5-6,9,11H,1-4,7-8,10H2. The summed E-state index contributed by atoms with van der Waals surface area (Å²) in [6, 6.07) is 5.39. The van der Waals surface area contributed by atoms with Crippen molar-refractivity contribution in [2.75, 3.05) is 13.2 Å². The number of rotatable bonds is 4. The minimum Gasteiger partial charge on any atom is -0.493 e. The van der Waals surface area contributed by atoms with Crippen molar-refractivity contribution < 1.29 is 19.1 Å². The summed E-state index contributed by atoms with van der Waals surface area (Å²) in [5.41, 5.74) is 1.64. The van der Waals surface area contributed by atoms with Crippen LogP contribution in [0.3, 0.4) is 0 Å². The molecule has 0 N–H and O–H groups in total. The zero-order valence-corrected chi connectivity index (χ0v) is 11.4. The van der Waals surface area contributed by atoms with Crippen molar-refractivity contribution in [3.8, 4) is 5.75 Å². The average molecular weight is 274 g/mol. The Hall–Kier alpha value is -1.84. The highest BCUT2D eigenvalue weighted by Crippen LogP contribution is 2.27. The molecule has 0 amide bonds. The number of hydrogen-bond acceptors (Lipinski definition) is 4. The molecule has 2 aliphatic rings. The zero-order valence-electron chi connectivity index (χ0n) is 11.4. The van der Waals surface area contributed by atoms with Gasteiger partial charge >= 0.3 is 5.97 Å². The van der Waals surface area contributed by atoms with Crippen LogP contribution in [0.5, 0.6) is 5.75 Å². The van der Waals surface area contributed by atoms with Gasteiger partial charge in [0.15, 0.2) is 12.4 Å². The molecule has 4 nitrogen and oxygen atoms in total. The van der Waals surface area contributed by atoms with Gasteiger partial charge in [-0.05, 0) is 36.6 Å². The summed E-state index contributed by atoms with van der Waals surface area (Å²) in [7, 11) is 0. The van der Waals surface area contributed by atoms with E-state index in [1.807, 2.05) is 12.1 Å². The molecule has 4 heteroatoms. The largest absolute Gasteiger partial charge is 0.493 e. The van der Waals surface area contributed by atoms with Gasteiger partial charge in [0.05, 0.1) is 12.5 Å². The Morgan fingerprint density at radius 2 is 2.05 bits per heavy atom. The van der Waals surface area contributed by atoms with Gasteiger partial charge in [0.25, 0.3) is 0 Å². The molecule has 1 fully saturated rings. The van der Waals surface area contributed by atoms with Crippen LogP contribution in [0.4, 0.5) is 0 Å². The number of carbonyl (C=O) groups is 2. The summed E-state index contributed by atoms with van der Waals surface area (Å²) in [6.07, 6.45) is 4.78.